The van der Waals surface area contributed by atoms with E-state index in [1.807, 2.05) is 0 Å². The Kier molecular flexibility index (Phi) is 6.35. The number of carbonyl (C=O) groups is 2. The summed E-state index contributed by atoms with van der Waals surface area (Å²) >= 11 is 0. The standard InChI is InChI=1S/C20H24N4O5S/c1-12-11-18(22-13(2)21-12)24-30(28,29)15-9-7-14(8-10-15)23-19(25)16-5-3-4-6-17(16)20(26)27/h7-11,16-17H,3-6H2,1-2H3,(H,23,25)(H,26,27)(H,21,22,24)/t16-,17-/m0/s1. The average Bonchev–Trinajstić information content (AvgIpc) is 2.67. The van der Waals surface area contributed by atoms with Crippen LogP contribution in [0.25, 0.3) is 0 Å². The SMILES string of the molecule is Cc1cc(NS(=O)(=O)c2ccc(NC(=O)[C@H]3CCCC[C@@H]3C(=O)O)cc2)nc(C)n1. The van der Waals surface area contributed by atoms with Gasteiger partial charge in [-0.15, -0.1) is 0 Å². The van der Waals surface area contributed by atoms with Gasteiger partial charge in [0.15, 0.2) is 0 Å². The third kappa shape index (κ3) is 5.12. The molecule has 2 atom stereocenters. The topological polar surface area (TPSA) is 138 Å². The van der Waals surface area contributed by atoms with Crippen molar-refractivity contribution in [1.82, 2.24) is 9.97 Å². The number of hydrogen-bond donors (Lipinski definition) is 3. The summed E-state index contributed by atoms with van der Waals surface area (Å²) in [6.45, 7) is 3.41. The number of nitrogens with zero attached hydrogens (tertiary/aromatic N) is 2. The molecule has 1 aromatic carbocycles. The average molecular weight is 433 g/mol. The Hall–Kier alpha value is -3.01. The molecule has 0 bridgehead atoms. The Morgan fingerprint density at radius 2 is 1.67 bits per heavy atom. The van der Waals surface area contributed by atoms with E-state index in [0.717, 1.165) is 12.8 Å². The first-order valence-corrected chi connectivity index (χ1v) is 11.1. The maximum Gasteiger partial charge on any atom is 0.307 e. The highest BCUT2D eigenvalue weighted by Crippen LogP contribution is 2.31. The minimum atomic E-state index is -3.86. The molecular formula is C20H24N4O5S. The van der Waals surface area contributed by atoms with E-state index < -0.39 is 27.8 Å². The number of aliphatic carboxylic acids is 1. The third-order valence-corrected chi connectivity index (χ3v) is 6.43. The maximum absolute atomic E-state index is 12.6. The summed E-state index contributed by atoms with van der Waals surface area (Å²) in [4.78, 5) is 32.1. The van der Waals surface area contributed by atoms with Gasteiger partial charge >= 0.3 is 5.97 Å². The van der Waals surface area contributed by atoms with E-state index in [-0.39, 0.29) is 16.6 Å². The minimum Gasteiger partial charge on any atom is -0.481 e. The lowest BCUT2D eigenvalue weighted by Crippen LogP contribution is -2.36. The Morgan fingerprint density at radius 1 is 1.03 bits per heavy atom. The number of carboxylic acid groups (broad SMARTS) is 1. The van der Waals surface area contributed by atoms with Crippen LogP contribution >= 0.6 is 0 Å². The molecule has 9 nitrogen and oxygen atoms in total. The first kappa shape index (κ1) is 21.7. The van der Waals surface area contributed by atoms with Gasteiger partial charge in [0.2, 0.25) is 5.91 Å². The van der Waals surface area contributed by atoms with Gasteiger partial charge in [-0.25, -0.2) is 18.4 Å². The number of carbonyl (C=O) groups excluding carboxylic acids is 1. The number of amides is 1. The highest BCUT2D eigenvalue weighted by molar-refractivity contribution is 7.92. The second-order valence-corrected chi connectivity index (χ2v) is 9.08. The summed E-state index contributed by atoms with van der Waals surface area (Å²) in [6.07, 6.45) is 2.62. The minimum absolute atomic E-state index is 0.00972. The predicted molar refractivity (Wildman–Crippen MR) is 110 cm³/mol. The van der Waals surface area contributed by atoms with E-state index in [0.29, 0.717) is 30.0 Å². The molecule has 1 saturated carbocycles. The first-order valence-electron chi connectivity index (χ1n) is 9.64. The van der Waals surface area contributed by atoms with Crippen LogP contribution in [0.5, 0.6) is 0 Å². The van der Waals surface area contributed by atoms with Gasteiger partial charge < -0.3 is 10.4 Å². The van der Waals surface area contributed by atoms with Crippen LogP contribution in [0.1, 0.15) is 37.2 Å². The van der Waals surface area contributed by atoms with E-state index >= 15 is 0 Å². The van der Waals surface area contributed by atoms with E-state index in [1.165, 1.54) is 30.3 Å². The Bertz CT molecular complexity index is 1030. The van der Waals surface area contributed by atoms with Gasteiger partial charge in [0.25, 0.3) is 10.0 Å². The van der Waals surface area contributed by atoms with Crippen molar-refractivity contribution in [2.75, 3.05) is 10.0 Å². The molecule has 3 rings (SSSR count). The second-order valence-electron chi connectivity index (χ2n) is 7.40. The summed E-state index contributed by atoms with van der Waals surface area (Å²) < 4.78 is 27.6. The molecule has 1 fully saturated rings. The summed E-state index contributed by atoms with van der Waals surface area (Å²) in [5.74, 6) is -1.98. The van der Waals surface area contributed by atoms with Crippen LogP contribution in [-0.2, 0) is 19.6 Å². The number of aromatic nitrogens is 2. The molecule has 10 heteroatoms. The zero-order valence-corrected chi connectivity index (χ0v) is 17.6. The van der Waals surface area contributed by atoms with Crippen molar-refractivity contribution in [2.24, 2.45) is 11.8 Å². The fourth-order valence-electron chi connectivity index (χ4n) is 3.66. The maximum atomic E-state index is 12.6. The normalized spacial score (nSPS) is 19.1. The lowest BCUT2D eigenvalue weighted by atomic mass is 9.78. The second kappa shape index (κ2) is 8.78. The van der Waals surface area contributed by atoms with Gasteiger partial charge in [-0.3, -0.25) is 14.3 Å². The van der Waals surface area contributed by atoms with Crippen LogP contribution in [0, 0.1) is 25.7 Å². The van der Waals surface area contributed by atoms with Crippen molar-refractivity contribution in [2.45, 2.75) is 44.4 Å². The van der Waals surface area contributed by atoms with E-state index in [9.17, 15) is 23.1 Å². The molecule has 1 aromatic heterocycles. The van der Waals surface area contributed by atoms with Crippen molar-refractivity contribution in [3.8, 4) is 0 Å². The van der Waals surface area contributed by atoms with E-state index in [4.69, 9.17) is 0 Å². The van der Waals surface area contributed by atoms with Crippen LogP contribution in [-0.4, -0.2) is 35.4 Å². The summed E-state index contributed by atoms with van der Waals surface area (Å²) in [5.41, 5.74) is 1.04. The largest absolute Gasteiger partial charge is 0.481 e. The molecule has 0 spiro atoms. The molecule has 160 valence electrons. The van der Waals surface area contributed by atoms with Crippen molar-refractivity contribution >= 4 is 33.4 Å². The monoisotopic (exact) mass is 432 g/mol. The van der Waals surface area contributed by atoms with Gasteiger partial charge in [-0.1, -0.05) is 12.8 Å². The fourth-order valence-corrected chi connectivity index (χ4v) is 4.65. The molecule has 1 amide bonds. The summed E-state index contributed by atoms with van der Waals surface area (Å²) in [5, 5.41) is 12.0. The molecule has 1 aliphatic carbocycles. The lowest BCUT2D eigenvalue weighted by molar-refractivity contribution is -0.147. The number of anilines is 2. The van der Waals surface area contributed by atoms with Crippen molar-refractivity contribution in [3.63, 3.8) is 0 Å². The van der Waals surface area contributed by atoms with Crippen LogP contribution in [0.4, 0.5) is 11.5 Å². The number of sulfonamides is 1. The van der Waals surface area contributed by atoms with Crippen LogP contribution in [0.2, 0.25) is 0 Å². The number of nitrogens with one attached hydrogen (secondary N) is 2. The molecule has 1 aliphatic rings. The Balaban J connectivity index is 1.70. The molecule has 30 heavy (non-hydrogen) atoms. The Labute approximate surface area is 175 Å². The summed E-state index contributed by atoms with van der Waals surface area (Å²) in [6, 6.07) is 7.22. The number of hydrogen-bond acceptors (Lipinski definition) is 6. The molecule has 0 radical (unpaired) electrons. The van der Waals surface area contributed by atoms with Gasteiger partial charge in [-0.2, -0.15) is 0 Å². The van der Waals surface area contributed by atoms with E-state index in [1.54, 1.807) is 13.8 Å². The van der Waals surface area contributed by atoms with Crippen molar-refractivity contribution in [3.05, 3.63) is 41.9 Å². The quantitative estimate of drug-likeness (QED) is 0.638. The highest BCUT2D eigenvalue weighted by atomic mass is 32.2. The van der Waals surface area contributed by atoms with Crippen LogP contribution < -0.4 is 10.0 Å². The van der Waals surface area contributed by atoms with Gasteiger partial charge in [0.05, 0.1) is 16.7 Å². The van der Waals surface area contributed by atoms with Crippen LogP contribution in [0.3, 0.4) is 0 Å². The lowest BCUT2D eigenvalue weighted by Gasteiger charge is -2.27. The van der Waals surface area contributed by atoms with Crippen molar-refractivity contribution < 1.29 is 23.1 Å². The van der Waals surface area contributed by atoms with Crippen LogP contribution in [0.15, 0.2) is 35.2 Å². The smallest absolute Gasteiger partial charge is 0.307 e. The molecule has 1 heterocycles. The number of benzene rings is 1. The van der Waals surface area contributed by atoms with Gasteiger partial charge in [0, 0.05) is 17.4 Å². The Morgan fingerprint density at radius 3 is 2.27 bits per heavy atom. The highest BCUT2D eigenvalue weighted by Gasteiger charge is 2.35. The predicted octanol–water partition coefficient (Wildman–Crippen LogP) is 2.72. The molecule has 0 unspecified atom stereocenters. The van der Waals surface area contributed by atoms with Crippen molar-refractivity contribution in [1.29, 1.82) is 0 Å². The zero-order valence-electron chi connectivity index (χ0n) is 16.8. The molecular weight excluding hydrogens is 408 g/mol. The van der Waals surface area contributed by atoms with Gasteiger partial charge in [0.1, 0.15) is 11.6 Å². The first-order chi connectivity index (χ1) is 14.2. The number of aryl methyl sites for hydroxylation is 2. The molecule has 0 saturated heterocycles. The molecule has 0 aliphatic heterocycles. The number of rotatable bonds is 6. The van der Waals surface area contributed by atoms with E-state index in [2.05, 4.69) is 20.0 Å². The third-order valence-electron chi connectivity index (χ3n) is 5.06. The number of carboxylic acids is 1. The molecule has 2 aromatic rings. The fraction of sp³-hybridized carbons (Fsp3) is 0.400. The summed E-state index contributed by atoms with van der Waals surface area (Å²) in [7, 11) is -3.86. The molecule has 3 N–H and O–H groups in total. The zero-order chi connectivity index (χ0) is 21.9. The van der Waals surface area contributed by atoms with Gasteiger partial charge in [-0.05, 0) is 51.0 Å².